The van der Waals surface area contributed by atoms with Crippen molar-refractivity contribution in [3.05, 3.63) is 0 Å². The number of hydrogen-bond donors (Lipinski definition) is 1. The van der Waals surface area contributed by atoms with Crippen molar-refractivity contribution in [1.82, 2.24) is 10.2 Å². The quantitative estimate of drug-likeness (QED) is 0.223. The summed E-state index contributed by atoms with van der Waals surface area (Å²) in [4.78, 5) is 68.3. The topological polar surface area (TPSA) is 138 Å². The van der Waals surface area contributed by atoms with Gasteiger partial charge in [0.15, 0.2) is 24.5 Å². The monoisotopic (exact) mass is 638 g/mol. The summed E-state index contributed by atoms with van der Waals surface area (Å²) in [6, 6.07) is -0.997. The molecule has 0 aromatic carbocycles. The molecular formula is C34H58N2O9. The van der Waals surface area contributed by atoms with Crippen LogP contribution in [0.2, 0.25) is 0 Å². The molecule has 1 heterocycles. The molecule has 1 aliphatic carbocycles. The van der Waals surface area contributed by atoms with Crippen LogP contribution in [0, 0.1) is 21.7 Å². The Balaban J connectivity index is 2.75. The van der Waals surface area contributed by atoms with E-state index in [1.54, 1.807) is 62.3 Å². The maximum atomic E-state index is 14.1. The Bertz CT molecular complexity index is 1080. The van der Waals surface area contributed by atoms with Gasteiger partial charge in [0.25, 0.3) is 0 Å². The molecule has 1 saturated heterocycles. The third kappa shape index (κ3) is 10.1. The van der Waals surface area contributed by atoms with Crippen LogP contribution < -0.4 is 5.32 Å². The SMILES string of the molecule is CC(C)(C)NC(=O)C(N(C=O)[C@H]1OC[C@@H](OC(=O)C(C)(C)C)[C@@H](OC(=O)C(C)(C)C)[C@@H]1OC(=O)C(C)(C)C)C1(C)CCCCC1. The van der Waals surface area contributed by atoms with Crippen molar-refractivity contribution in [3.63, 3.8) is 0 Å². The normalized spacial score (nSPS) is 24.9. The van der Waals surface area contributed by atoms with Gasteiger partial charge in [0, 0.05) is 5.54 Å². The highest BCUT2D eigenvalue weighted by Crippen LogP contribution is 2.43. The summed E-state index contributed by atoms with van der Waals surface area (Å²) in [5.74, 6) is -2.21. The molecule has 1 unspecified atom stereocenters. The average Bonchev–Trinajstić information content (AvgIpc) is 2.86. The Kier molecular flexibility index (Phi) is 12.0. The van der Waals surface area contributed by atoms with E-state index in [1.807, 2.05) is 27.7 Å². The molecule has 0 aromatic heterocycles. The van der Waals surface area contributed by atoms with Crippen LogP contribution in [-0.4, -0.2) is 77.9 Å². The van der Waals surface area contributed by atoms with Gasteiger partial charge in [-0.2, -0.15) is 0 Å². The molecule has 5 atom stereocenters. The highest BCUT2D eigenvalue weighted by atomic mass is 16.7. The zero-order valence-corrected chi connectivity index (χ0v) is 29.8. The molecule has 2 fully saturated rings. The van der Waals surface area contributed by atoms with Crippen LogP contribution >= 0.6 is 0 Å². The third-order valence-corrected chi connectivity index (χ3v) is 8.10. The molecule has 0 spiro atoms. The van der Waals surface area contributed by atoms with Crippen LogP contribution in [0.3, 0.4) is 0 Å². The summed E-state index contributed by atoms with van der Waals surface area (Å²) in [5, 5.41) is 3.03. The van der Waals surface area contributed by atoms with E-state index in [4.69, 9.17) is 18.9 Å². The molecule has 0 bridgehead atoms. The summed E-state index contributed by atoms with van der Waals surface area (Å²) < 4.78 is 24.1. The van der Waals surface area contributed by atoms with Gasteiger partial charge in [0.2, 0.25) is 12.3 Å². The smallest absolute Gasteiger partial charge is 0.311 e. The first-order valence-electron chi connectivity index (χ1n) is 16.1. The van der Waals surface area contributed by atoms with Crippen molar-refractivity contribution < 1.29 is 42.9 Å². The summed E-state index contributed by atoms with van der Waals surface area (Å²) in [6.45, 7) is 22.4. The Labute approximate surface area is 269 Å². The Morgan fingerprint density at radius 3 is 1.62 bits per heavy atom. The Hall–Kier alpha value is -2.69. The van der Waals surface area contributed by atoms with Gasteiger partial charge in [-0.15, -0.1) is 0 Å². The number of nitrogens with zero attached hydrogens (tertiary/aromatic N) is 1. The second-order valence-electron chi connectivity index (χ2n) is 17.1. The molecule has 2 aliphatic rings. The van der Waals surface area contributed by atoms with E-state index in [-0.39, 0.29) is 12.5 Å². The number of hydrogen-bond acceptors (Lipinski definition) is 9. The number of ether oxygens (including phenoxy) is 4. The fourth-order valence-corrected chi connectivity index (χ4v) is 5.45. The van der Waals surface area contributed by atoms with Crippen molar-refractivity contribution in [2.75, 3.05) is 6.61 Å². The number of carbonyl (C=O) groups is 5. The van der Waals surface area contributed by atoms with Crippen LogP contribution in [0.25, 0.3) is 0 Å². The van der Waals surface area contributed by atoms with Gasteiger partial charge >= 0.3 is 17.9 Å². The highest BCUT2D eigenvalue weighted by Gasteiger charge is 2.55. The van der Waals surface area contributed by atoms with Gasteiger partial charge in [-0.05, 0) is 101 Å². The zero-order chi connectivity index (χ0) is 34.8. The van der Waals surface area contributed by atoms with E-state index >= 15 is 0 Å². The lowest BCUT2D eigenvalue weighted by Gasteiger charge is -2.50. The van der Waals surface area contributed by atoms with Gasteiger partial charge in [0.1, 0.15) is 6.04 Å². The lowest BCUT2D eigenvalue weighted by atomic mass is 9.69. The fraction of sp³-hybridized carbons (Fsp3) is 0.853. The lowest BCUT2D eigenvalue weighted by molar-refractivity contribution is -0.259. The fourth-order valence-electron chi connectivity index (χ4n) is 5.45. The molecule has 0 aromatic rings. The average molecular weight is 639 g/mol. The van der Waals surface area contributed by atoms with Crippen LogP contribution in [0.1, 0.15) is 122 Å². The van der Waals surface area contributed by atoms with Crippen LogP contribution in [0.15, 0.2) is 0 Å². The number of carbonyl (C=O) groups excluding carboxylic acids is 5. The van der Waals surface area contributed by atoms with E-state index in [0.29, 0.717) is 19.3 Å². The third-order valence-electron chi connectivity index (χ3n) is 8.10. The maximum absolute atomic E-state index is 14.1. The molecule has 2 rings (SSSR count). The second-order valence-corrected chi connectivity index (χ2v) is 17.1. The molecule has 11 heteroatoms. The number of esters is 3. The van der Waals surface area contributed by atoms with E-state index < -0.39 is 75.7 Å². The first-order chi connectivity index (χ1) is 20.3. The number of nitrogens with one attached hydrogen (secondary N) is 1. The lowest BCUT2D eigenvalue weighted by Crippen LogP contribution is -2.68. The number of amides is 2. The Morgan fingerprint density at radius 1 is 0.756 bits per heavy atom. The molecule has 258 valence electrons. The summed E-state index contributed by atoms with van der Waals surface area (Å²) in [6.07, 6.45) is -0.539. The minimum atomic E-state index is -1.42. The summed E-state index contributed by atoms with van der Waals surface area (Å²) in [5.41, 5.74) is -4.06. The predicted octanol–water partition coefficient (Wildman–Crippen LogP) is 4.93. The summed E-state index contributed by atoms with van der Waals surface area (Å²) >= 11 is 0. The number of rotatable bonds is 8. The van der Waals surface area contributed by atoms with Crippen molar-refractivity contribution >= 4 is 30.2 Å². The van der Waals surface area contributed by atoms with Gasteiger partial charge in [-0.25, -0.2) is 0 Å². The molecule has 1 N–H and O–H groups in total. The van der Waals surface area contributed by atoms with Crippen molar-refractivity contribution in [3.8, 4) is 0 Å². The van der Waals surface area contributed by atoms with Crippen molar-refractivity contribution in [2.45, 2.75) is 158 Å². The molecular weight excluding hydrogens is 580 g/mol. The van der Waals surface area contributed by atoms with Gasteiger partial charge in [0.05, 0.1) is 22.9 Å². The minimum absolute atomic E-state index is 0.271. The van der Waals surface area contributed by atoms with Crippen LogP contribution in [-0.2, 0) is 42.9 Å². The van der Waals surface area contributed by atoms with Crippen LogP contribution in [0.4, 0.5) is 0 Å². The van der Waals surface area contributed by atoms with Crippen LogP contribution in [0.5, 0.6) is 0 Å². The van der Waals surface area contributed by atoms with E-state index in [9.17, 15) is 24.0 Å². The van der Waals surface area contributed by atoms with Gasteiger partial charge in [-0.1, -0.05) is 26.2 Å². The molecule has 1 aliphatic heterocycles. The van der Waals surface area contributed by atoms with E-state index in [1.165, 1.54) is 4.90 Å². The van der Waals surface area contributed by atoms with Gasteiger partial charge in [-0.3, -0.25) is 24.0 Å². The zero-order valence-electron chi connectivity index (χ0n) is 29.8. The molecule has 11 nitrogen and oxygen atoms in total. The highest BCUT2D eigenvalue weighted by molar-refractivity contribution is 5.85. The first-order valence-corrected chi connectivity index (χ1v) is 16.1. The van der Waals surface area contributed by atoms with E-state index in [0.717, 1.165) is 19.3 Å². The second kappa shape index (κ2) is 14.0. The molecule has 45 heavy (non-hydrogen) atoms. The van der Waals surface area contributed by atoms with Crippen molar-refractivity contribution in [1.29, 1.82) is 0 Å². The Morgan fingerprint density at radius 2 is 1.20 bits per heavy atom. The largest absolute Gasteiger partial charge is 0.455 e. The van der Waals surface area contributed by atoms with Crippen molar-refractivity contribution in [2.24, 2.45) is 21.7 Å². The first kappa shape index (κ1) is 38.5. The molecule has 2 amide bonds. The summed E-state index contributed by atoms with van der Waals surface area (Å²) in [7, 11) is 0. The minimum Gasteiger partial charge on any atom is -0.455 e. The van der Waals surface area contributed by atoms with E-state index in [2.05, 4.69) is 5.32 Å². The standard InChI is InChI=1S/C34H58N2O9/c1-30(2,3)27(39)43-21-19-42-26(23(45-29(41)32(7,8)9)22(21)44-28(40)31(4,5)6)36(20-37)24(25(38)35-33(10,11)12)34(13)17-15-14-16-18-34/h20-24,26H,14-19H2,1-13H3,(H,35,38)/t21-,22-,23+,24?,26+/m1/s1. The predicted molar refractivity (Wildman–Crippen MR) is 169 cm³/mol. The van der Waals surface area contributed by atoms with Gasteiger partial charge < -0.3 is 29.2 Å². The molecule has 1 saturated carbocycles. The molecule has 0 radical (unpaired) electrons. The maximum Gasteiger partial charge on any atom is 0.311 e.